The van der Waals surface area contributed by atoms with Gasteiger partial charge in [0.15, 0.2) is 0 Å². The molecule has 2 aromatic rings. The quantitative estimate of drug-likeness (QED) is 0.347. The topological polar surface area (TPSA) is 94.9 Å². The lowest BCUT2D eigenvalue weighted by Crippen LogP contribution is -2.60. The number of benzene rings is 1. The van der Waals surface area contributed by atoms with Crippen LogP contribution < -0.4 is 20.7 Å². The van der Waals surface area contributed by atoms with Gasteiger partial charge in [-0.1, -0.05) is 18.2 Å². The smallest absolute Gasteiger partial charge is 0.405 e. The molecule has 0 aliphatic heterocycles. The van der Waals surface area contributed by atoms with Gasteiger partial charge in [-0.25, -0.2) is 4.98 Å². The lowest BCUT2D eigenvalue weighted by Gasteiger charge is -2.60. The molecule has 39 heavy (non-hydrogen) atoms. The van der Waals surface area contributed by atoms with Gasteiger partial charge < -0.3 is 20.7 Å². The van der Waals surface area contributed by atoms with Crippen molar-refractivity contribution in [3.8, 4) is 11.8 Å². The zero-order valence-electron chi connectivity index (χ0n) is 20.9. The predicted octanol–water partition coefficient (Wildman–Crippen LogP) is 5.62. The number of rotatable bonds is 9. The van der Waals surface area contributed by atoms with E-state index >= 15 is 0 Å². The fourth-order valence-corrected chi connectivity index (χ4v) is 6.98. The van der Waals surface area contributed by atoms with Crippen molar-refractivity contribution in [3.63, 3.8) is 0 Å². The van der Waals surface area contributed by atoms with Crippen LogP contribution in [0.1, 0.15) is 43.2 Å². The predicted molar refractivity (Wildman–Crippen MR) is 130 cm³/mol. The Kier molecular flexibility index (Phi) is 7.26. The number of nitrogens with zero attached hydrogens (tertiary/aromatic N) is 3. The van der Waals surface area contributed by atoms with E-state index < -0.39 is 19.1 Å². The first-order valence-corrected chi connectivity index (χ1v) is 12.8. The van der Waals surface area contributed by atoms with Gasteiger partial charge in [0.05, 0.1) is 12.7 Å². The van der Waals surface area contributed by atoms with E-state index in [1.54, 1.807) is 6.07 Å². The third-order valence-electron chi connectivity index (χ3n) is 8.11. The van der Waals surface area contributed by atoms with Crippen LogP contribution in [0.15, 0.2) is 30.5 Å². The summed E-state index contributed by atoms with van der Waals surface area (Å²) in [6.07, 6.45) is -3.29. The van der Waals surface area contributed by atoms with E-state index in [0.717, 1.165) is 32.1 Å². The molecule has 1 unspecified atom stereocenters. The minimum Gasteiger partial charge on any atom is -0.405 e. The molecule has 4 bridgehead atoms. The lowest BCUT2D eigenvalue weighted by atomic mass is 9.48. The number of ether oxygens (including phenoxy) is 1. The Labute approximate surface area is 221 Å². The second-order valence-electron chi connectivity index (χ2n) is 10.9. The molecule has 7 nitrogen and oxygen atoms in total. The van der Waals surface area contributed by atoms with Crippen LogP contribution in [0, 0.1) is 34.5 Å². The van der Waals surface area contributed by atoms with Crippen molar-refractivity contribution in [2.75, 3.05) is 23.7 Å². The van der Waals surface area contributed by atoms with Crippen molar-refractivity contribution in [2.24, 2.45) is 23.2 Å². The normalized spacial score (nSPS) is 27.7. The number of hydrogen-bond donors (Lipinski definition) is 3. The number of halogens is 6. The lowest BCUT2D eigenvalue weighted by molar-refractivity contribution is -0.274. The zero-order chi connectivity index (χ0) is 27.8. The van der Waals surface area contributed by atoms with E-state index in [0.29, 0.717) is 18.3 Å². The molecule has 0 saturated heterocycles. The SMILES string of the molecule is N#Cc1cnc(NCc2ccccc2OC(F)(F)F)nc1NC[C@]12CC3C[C@H](C1)[C@H](NCC(F)(F)F)[C@@H](C3)C2. The van der Waals surface area contributed by atoms with E-state index in [-0.39, 0.29) is 52.7 Å². The summed E-state index contributed by atoms with van der Waals surface area (Å²) in [7, 11) is 0. The van der Waals surface area contributed by atoms with Crippen LogP contribution in [0.4, 0.5) is 38.1 Å². The number of para-hydroxylation sites is 1. The molecule has 13 heteroatoms. The fourth-order valence-electron chi connectivity index (χ4n) is 6.98. The van der Waals surface area contributed by atoms with Gasteiger partial charge >= 0.3 is 12.5 Å². The highest BCUT2D eigenvalue weighted by atomic mass is 19.4. The second kappa shape index (κ2) is 10.4. The van der Waals surface area contributed by atoms with E-state index in [1.165, 1.54) is 24.4 Å². The Bertz CT molecular complexity index is 1210. The minimum atomic E-state index is -4.83. The zero-order valence-corrected chi connectivity index (χ0v) is 20.9. The summed E-state index contributed by atoms with van der Waals surface area (Å²) >= 11 is 0. The highest BCUT2D eigenvalue weighted by Gasteiger charge is 2.55. The maximum absolute atomic E-state index is 12.8. The van der Waals surface area contributed by atoms with Gasteiger partial charge in [0.25, 0.3) is 0 Å². The van der Waals surface area contributed by atoms with Gasteiger partial charge in [-0.3, -0.25) is 0 Å². The average molecular weight is 555 g/mol. The highest BCUT2D eigenvalue weighted by Crippen LogP contribution is 2.60. The van der Waals surface area contributed by atoms with Crippen molar-refractivity contribution in [1.29, 1.82) is 5.26 Å². The van der Waals surface area contributed by atoms with Gasteiger partial charge in [0, 0.05) is 24.7 Å². The Balaban J connectivity index is 1.24. The third-order valence-corrected chi connectivity index (χ3v) is 8.11. The molecular weight excluding hydrogens is 526 g/mol. The molecule has 5 atom stereocenters. The van der Waals surface area contributed by atoms with E-state index in [2.05, 4.69) is 36.7 Å². The van der Waals surface area contributed by atoms with Crippen LogP contribution in [-0.4, -0.2) is 41.6 Å². The molecule has 1 heterocycles. The molecule has 1 aromatic carbocycles. The number of hydrogen-bond acceptors (Lipinski definition) is 7. The van der Waals surface area contributed by atoms with Crippen LogP contribution in [0.3, 0.4) is 0 Å². The van der Waals surface area contributed by atoms with Gasteiger partial charge in [-0.2, -0.15) is 23.4 Å². The standard InChI is InChI=1S/C26H28F6N6O/c27-25(28,29)14-36-21-17-5-15-6-18(21)9-24(7-15,8-17)13-37-22-19(10-33)12-35-23(38-22)34-11-16-3-1-2-4-20(16)39-26(30,31)32/h1-4,12,15,17-18,21,36H,5-9,11,13-14H2,(H2,34,35,37,38)/t15?,17-,18+,21+,24-. The molecule has 210 valence electrons. The first-order valence-electron chi connectivity index (χ1n) is 12.8. The first kappa shape index (κ1) is 27.3. The molecule has 4 aliphatic rings. The second-order valence-corrected chi connectivity index (χ2v) is 10.9. The van der Waals surface area contributed by atoms with Gasteiger partial charge in [0.2, 0.25) is 5.95 Å². The summed E-state index contributed by atoms with van der Waals surface area (Å²) in [5.74, 6) is 0.923. The summed E-state index contributed by atoms with van der Waals surface area (Å²) in [5, 5.41) is 18.5. The Hall–Kier alpha value is -3.27. The largest absolute Gasteiger partial charge is 0.573 e. The Morgan fingerprint density at radius 2 is 1.74 bits per heavy atom. The van der Waals surface area contributed by atoms with Crippen molar-refractivity contribution >= 4 is 11.8 Å². The summed E-state index contributed by atoms with van der Waals surface area (Å²) in [6, 6.07) is 7.64. The maximum atomic E-state index is 12.8. The van der Waals surface area contributed by atoms with E-state index in [4.69, 9.17) is 0 Å². The highest BCUT2D eigenvalue weighted by molar-refractivity contribution is 5.53. The van der Waals surface area contributed by atoms with E-state index in [1.807, 2.05) is 0 Å². The Morgan fingerprint density at radius 1 is 1.03 bits per heavy atom. The maximum Gasteiger partial charge on any atom is 0.573 e. The van der Waals surface area contributed by atoms with Gasteiger partial charge in [-0.05, 0) is 61.3 Å². The van der Waals surface area contributed by atoms with Crippen molar-refractivity contribution in [2.45, 2.75) is 57.2 Å². The van der Waals surface area contributed by atoms with Crippen LogP contribution in [0.5, 0.6) is 5.75 Å². The number of anilines is 2. The Morgan fingerprint density at radius 3 is 2.41 bits per heavy atom. The molecule has 0 amide bonds. The monoisotopic (exact) mass is 554 g/mol. The molecule has 4 fully saturated rings. The van der Waals surface area contributed by atoms with Crippen molar-refractivity contribution < 1.29 is 31.1 Å². The number of nitrogens with one attached hydrogen (secondary N) is 3. The summed E-state index contributed by atoms with van der Waals surface area (Å²) in [6.45, 7) is -0.496. The summed E-state index contributed by atoms with van der Waals surface area (Å²) in [5.41, 5.74) is 0.377. The van der Waals surface area contributed by atoms with Gasteiger partial charge in [-0.15, -0.1) is 13.2 Å². The van der Waals surface area contributed by atoms with Crippen LogP contribution in [0.2, 0.25) is 0 Å². The number of nitriles is 1. The van der Waals surface area contributed by atoms with Crippen LogP contribution in [-0.2, 0) is 6.54 Å². The fraction of sp³-hybridized carbons (Fsp3) is 0.577. The van der Waals surface area contributed by atoms with Crippen LogP contribution in [0.25, 0.3) is 0 Å². The molecule has 6 rings (SSSR count). The molecule has 0 spiro atoms. The van der Waals surface area contributed by atoms with E-state index in [9.17, 15) is 31.6 Å². The first-order chi connectivity index (χ1) is 18.4. The number of alkyl halides is 6. The molecule has 4 aliphatic carbocycles. The summed E-state index contributed by atoms with van der Waals surface area (Å²) < 4.78 is 80.7. The van der Waals surface area contributed by atoms with Gasteiger partial charge in [0.1, 0.15) is 23.2 Å². The third kappa shape index (κ3) is 6.49. The number of aromatic nitrogens is 2. The summed E-state index contributed by atoms with van der Waals surface area (Å²) in [4.78, 5) is 8.50. The van der Waals surface area contributed by atoms with Crippen LogP contribution >= 0.6 is 0 Å². The molecule has 4 saturated carbocycles. The minimum absolute atomic E-state index is 0.0428. The molecular formula is C26H28F6N6O. The molecule has 0 radical (unpaired) electrons. The van der Waals surface area contributed by atoms with Crippen molar-refractivity contribution in [1.82, 2.24) is 15.3 Å². The molecule has 3 N–H and O–H groups in total. The van der Waals surface area contributed by atoms with Crippen molar-refractivity contribution in [3.05, 3.63) is 41.6 Å². The molecule has 1 aromatic heterocycles. The average Bonchev–Trinajstić information content (AvgIpc) is 2.85.